The number of halogens is 1. The van der Waals surface area contributed by atoms with E-state index in [2.05, 4.69) is 16.8 Å². The van der Waals surface area contributed by atoms with Crippen LogP contribution in [0.4, 0.5) is 9.52 Å². The molecule has 3 aromatic rings. The molecule has 0 radical (unpaired) electrons. The molecule has 0 aliphatic heterocycles. The Morgan fingerprint density at radius 1 is 1.17 bits per heavy atom. The summed E-state index contributed by atoms with van der Waals surface area (Å²) in [7, 11) is 1.56. The summed E-state index contributed by atoms with van der Waals surface area (Å²) < 4.78 is 13.8. The summed E-state index contributed by atoms with van der Waals surface area (Å²) in [5.41, 5.74) is 1.92. The lowest BCUT2D eigenvalue weighted by Crippen LogP contribution is -2.26. The van der Waals surface area contributed by atoms with Gasteiger partial charge in [0.15, 0.2) is 0 Å². The average molecular weight is 339 g/mol. The van der Waals surface area contributed by atoms with Crippen molar-refractivity contribution >= 4 is 28.5 Å². The Bertz CT molecular complexity index is 889. The topological polar surface area (TPSA) is 46.1 Å². The minimum absolute atomic E-state index is 0.00656. The van der Waals surface area contributed by atoms with E-state index in [4.69, 9.17) is 0 Å². The number of rotatable bonds is 4. The van der Waals surface area contributed by atoms with Gasteiger partial charge < -0.3 is 0 Å². The van der Waals surface area contributed by atoms with Crippen LogP contribution in [0.3, 0.4) is 0 Å². The summed E-state index contributed by atoms with van der Waals surface area (Å²) in [5.74, 6) is -1.02. The molecule has 6 heteroatoms. The van der Waals surface area contributed by atoms with Gasteiger partial charge in [-0.15, -0.1) is 10.2 Å². The molecule has 0 fully saturated rings. The molecule has 0 bridgehead atoms. The molecule has 0 atom stereocenters. The molecule has 4 nitrogen and oxygen atoms in total. The van der Waals surface area contributed by atoms with Crippen molar-refractivity contribution < 1.29 is 9.18 Å². The van der Waals surface area contributed by atoms with Crippen molar-refractivity contribution in [2.75, 3.05) is 11.9 Å². The maximum atomic E-state index is 13.8. The molecule has 0 saturated carbocycles. The summed E-state index contributed by atoms with van der Waals surface area (Å²) in [6, 6.07) is 13.6. The molecule has 0 spiro atoms. The molecule has 24 heavy (non-hydrogen) atoms. The van der Waals surface area contributed by atoms with Gasteiger partial charge in [-0.05, 0) is 17.7 Å². The molecule has 0 N–H and O–H groups in total. The second-order valence-corrected chi connectivity index (χ2v) is 6.02. The largest absolute Gasteiger partial charge is 0.286 e. The molecular formula is C18H14FN3OS. The summed E-state index contributed by atoms with van der Waals surface area (Å²) in [4.78, 5) is 13.7. The molecule has 0 aliphatic carbocycles. The Morgan fingerprint density at radius 3 is 2.54 bits per heavy atom. The smallest absolute Gasteiger partial charge is 0.262 e. The van der Waals surface area contributed by atoms with Crippen molar-refractivity contribution in [3.05, 3.63) is 72.1 Å². The Balaban J connectivity index is 1.85. The van der Waals surface area contributed by atoms with Crippen LogP contribution in [0.15, 0.2) is 55.1 Å². The minimum atomic E-state index is -0.556. The fourth-order valence-electron chi connectivity index (χ4n) is 2.13. The van der Waals surface area contributed by atoms with Gasteiger partial charge in [-0.3, -0.25) is 9.69 Å². The van der Waals surface area contributed by atoms with Gasteiger partial charge in [0.2, 0.25) is 5.13 Å². The maximum Gasteiger partial charge on any atom is 0.262 e. The first-order chi connectivity index (χ1) is 11.6. The number of anilines is 1. The van der Waals surface area contributed by atoms with E-state index < -0.39 is 11.7 Å². The van der Waals surface area contributed by atoms with Gasteiger partial charge in [-0.1, -0.05) is 60.4 Å². The minimum Gasteiger partial charge on any atom is -0.286 e. The quantitative estimate of drug-likeness (QED) is 0.713. The second kappa shape index (κ2) is 6.72. The normalized spacial score (nSPS) is 10.4. The van der Waals surface area contributed by atoms with E-state index in [1.165, 1.54) is 28.4 Å². The average Bonchev–Trinajstić information content (AvgIpc) is 3.11. The molecule has 1 heterocycles. The highest BCUT2D eigenvalue weighted by atomic mass is 32.1. The first kappa shape index (κ1) is 16.0. The van der Waals surface area contributed by atoms with Crippen molar-refractivity contribution in [2.45, 2.75) is 0 Å². The van der Waals surface area contributed by atoms with Crippen LogP contribution < -0.4 is 4.90 Å². The van der Waals surface area contributed by atoms with E-state index in [0.29, 0.717) is 10.1 Å². The first-order valence-corrected chi connectivity index (χ1v) is 8.01. The monoisotopic (exact) mass is 339 g/mol. The standard InChI is InChI=1S/C18H14FN3OS/c1-3-12-8-10-13(11-9-12)16-20-21-18(24-16)22(2)17(23)14-6-4-5-7-15(14)19/h3-11H,1H2,2H3. The zero-order valence-electron chi connectivity index (χ0n) is 12.9. The summed E-state index contributed by atoms with van der Waals surface area (Å²) in [5, 5.41) is 9.26. The van der Waals surface area contributed by atoms with Crippen LogP contribution in [-0.4, -0.2) is 23.2 Å². The molecule has 0 saturated heterocycles. The second-order valence-electron chi connectivity index (χ2n) is 5.06. The zero-order valence-corrected chi connectivity index (χ0v) is 13.8. The lowest BCUT2D eigenvalue weighted by atomic mass is 10.1. The predicted molar refractivity (Wildman–Crippen MR) is 94.6 cm³/mol. The number of carbonyl (C=O) groups is 1. The van der Waals surface area contributed by atoms with E-state index in [-0.39, 0.29) is 5.56 Å². The Kier molecular flexibility index (Phi) is 4.48. The van der Waals surface area contributed by atoms with Gasteiger partial charge in [-0.25, -0.2) is 4.39 Å². The van der Waals surface area contributed by atoms with E-state index in [0.717, 1.165) is 11.1 Å². The Morgan fingerprint density at radius 2 is 1.88 bits per heavy atom. The van der Waals surface area contributed by atoms with Crippen LogP contribution in [0.2, 0.25) is 0 Å². The third-order valence-corrected chi connectivity index (χ3v) is 4.55. The van der Waals surface area contributed by atoms with Gasteiger partial charge in [-0.2, -0.15) is 0 Å². The van der Waals surface area contributed by atoms with Crippen molar-refractivity contribution in [1.29, 1.82) is 0 Å². The predicted octanol–water partition coefficient (Wildman–Crippen LogP) is 4.26. The van der Waals surface area contributed by atoms with Gasteiger partial charge in [0.25, 0.3) is 5.91 Å². The fraction of sp³-hybridized carbons (Fsp3) is 0.0556. The molecule has 0 aliphatic rings. The van der Waals surface area contributed by atoms with Crippen LogP contribution in [0, 0.1) is 5.82 Å². The number of carbonyl (C=O) groups excluding carboxylic acids is 1. The Hall–Kier alpha value is -2.86. The number of aromatic nitrogens is 2. The number of benzene rings is 2. The van der Waals surface area contributed by atoms with Crippen LogP contribution in [0.1, 0.15) is 15.9 Å². The lowest BCUT2D eigenvalue weighted by molar-refractivity contribution is 0.0989. The number of amides is 1. The van der Waals surface area contributed by atoms with Crippen LogP contribution in [-0.2, 0) is 0 Å². The van der Waals surface area contributed by atoms with Crippen molar-refractivity contribution in [1.82, 2.24) is 10.2 Å². The van der Waals surface area contributed by atoms with E-state index in [1.54, 1.807) is 25.3 Å². The van der Waals surface area contributed by atoms with E-state index in [1.807, 2.05) is 24.3 Å². The van der Waals surface area contributed by atoms with Crippen molar-refractivity contribution in [3.63, 3.8) is 0 Å². The highest BCUT2D eigenvalue weighted by molar-refractivity contribution is 7.18. The third-order valence-electron chi connectivity index (χ3n) is 3.50. The SMILES string of the molecule is C=Cc1ccc(-c2nnc(N(C)C(=O)c3ccccc3F)s2)cc1. The molecule has 1 amide bonds. The lowest BCUT2D eigenvalue weighted by Gasteiger charge is -2.13. The first-order valence-electron chi connectivity index (χ1n) is 7.19. The maximum absolute atomic E-state index is 13.8. The van der Waals surface area contributed by atoms with Crippen LogP contribution in [0.25, 0.3) is 16.6 Å². The number of hydrogen-bond acceptors (Lipinski definition) is 4. The van der Waals surface area contributed by atoms with E-state index >= 15 is 0 Å². The van der Waals surface area contributed by atoms with Gasteiger partial charge >= 0.3 is 0 Å². The summed E-state index contributed by atoms with van der Waals surface area (Å²) >= 11 is 1.27. The van der Waals surface area contributed by atoms with Crippen LogP contribution in [0.5, 0.6) is 0 Å². The fourth-order valence-corrected chi connectivity index (χ4v) is 2.94. The van der Waals surface area contributed by atoms with Gasteiger partial charge in [0, 0.05) is 12.6 Å². The third kappa shape index (κ3) is 3.09. The summed E-state index contributed by atoms with van der Waals surface area (Å²) in [6.07, 6.45) is 1.76. The molecule has 1 aromatic heterocycles. The summed E-state index contributed by atoms with van der Waals surface area (Å²) in [6.45, 7) is 3.72. The molecule has 2 aromatic carbocycles. The molecule has 120 valence electrons. The van der Waals surface area contributed by atoms with Gasteiger partial charge in [0.05, 0.1) is 5.56 Å². The van der Waals surface area contributed by atoms with Gasteiger partial charge in [0.1, 0.15) is 10.8 Å². The molecular weight excluding hydrogens is 325 g/mol. The highest BCUT2D eigenvalue weighted by Gasteiger charge is 2.20. The van der Waals surface area contributed by atoms with Crippen LogP contribution >= 0.6 is 11.3 Å². The highest BCUT2D eigenvalue weighted by Crippen LogP contribution is 2.29. The Labute approximate surface area is 142 Å². The van der Waals surface area contributed by atoms with Crippen molar-refractivity contribution in [3.8, 4) is 10.6 Å². The molecule has 0 unspecified atom stereocenters. The number of nitrogens with zero attached hydrogens (tertiary/aromatic N) is 3. The molecule has 3 rings (SSSR count). The van der Waals surface area contributed by atoms with E-state index in [9.17, 15) is 9.18 Å². The number of hydrogen-bond donors (Lipinski definition) is 0. The zero-order chi connectivity index (χ0) is 17.1. The van der Waals surface area contributed by atoms with Crippen molar-refractivity contribution in [2.24, 2.45) is 0 Å².